The fourth-order valence-corrected chi connectivity index (χ4v) is 2.59. The van der Waals surface area contributed by atoms with Gasteiger partial charge in [-0.15, -0.1) is 0 Å². The zero-order valence-corrected chi connectivity index (χ0v) is 14.9. The summed E-state index contributed by atoms with van der Waals surface area (Å²) in [6.45, 7) is 4.26. The van der Waals surface area contributed by atoms with Gasteiger partial charge in [-0.1, -0.05) is 11.6 Å². The van der Waals surface area contributed by atoms with Gasteiger partial charge < -0.3 is 9.47 Å². The first-order valence-electron chi connectivity index (χ1n) is 8.19. The van der Waals surface area contributed by atoms with E-state index < -0.39 is 6.10 Å². The van der Waals surface area contributed by atoms with Crippen LogP contribution < -0.4 is 9.47 Å². The molecule has 0 bridgehead atoms. The highest BCUT2D eigenvalue weighted by molar-refractivity contribution is 6.30. The van der Waals surface area contributed by atoms with Crippen molar-refractivity contribution >= 4 is 17.5 Å². The summed E-state index contributed by atoms with van der Waals surface area (Å²) >= 11 is 5.85. The quantitative estimate of drug-likeness (QED) is 0.789. The van der Waals surface area contributed by atoms with Gasteiger partial charge in [0.15, 0.2) is 6.10 Å². The molecule has 132 valence electrons. The second kappa shape index (κ2) is 7.76. The van der Waals surface area contributed by atoms with Crippen molar-refractivity contribution in [1.82, 2.24) is 5.06 Å². The Morgan fingerprint density at radius 1 is 1.12 bits per heavy atom. The Hall–Kier alpha value is -2.24. The van der Waals surface area contributed by atoms with Gasteiger partial charge in [0.1, 0.15) is 17.2 Å². The zero-order valence-electron chi connectivity index (χ0n) is 14.1. The van der Waals surface area contributed by atoms with E-state index in [9.17, 15) is 4.79 Å². The van der Waals surface area contributed by atoms with Crippen LogP contribution in [0.2, 0.25) is 5.02 Å². The van der Waals surface area contributed by atoms with Crippen LogP contribution in [0.4, 0.5) is 0 Å². The van der Waals surface area contributed by atoms with Crippen molar-refractivity contribution in [1.29, 1.82) is 0 Å². The number of nitrogens with zero attached hydrogens (tertiary/aromatic N) is 1. The molecule has 1 heterocycles. The number of hydrogen-bond donors (Lipinski definition) is 0. The van der Waals surface area contributed by atoms with Crippen molar-refractivity contribution < 1.29 is 19.1 Å². The van der Waals surface area contributed by atoms with Gasteiger partial charge >= 0.3 is 0 Å². The summed E-state index contributed by atoms with van der Waals surface area (Å²) in [5.74, 6) is 1.79. The first-order valence-corrected chi connectivity index (χ1v) is 8.57. The van der Waals surface area contributed by atoms with Crippen molar-refractivity contribution in [3.63, 3.8) is 0 Å². The molecule has 2 aromatic carbocycles. The molecule has 0 aliphatic carbocycles. The van der Waals surface area contributed by atoms with Crippen LogP contribution in [0.3, 0.4) is 0 Å². The molecular formula is C19H20ClNO4. The predicted octanol–water partition coefficient (Wildman–Crippen LogP) is 4.45. The Balaban J connectivity index is 1.56. The van der Waals surface area contributed by atoms with Gasteiger partial charge in [-0.3, -0.25) is 9.63 Å². The van der Waals surface area contributed by atoms with Crippen LogP contribution in [-0.4, -0.2) is 29.7 Å². The highest BCUT2D eigenvalue weighted by Crippen LogP contribution is 2.25. The average Bonchev–Trinajstić information content (AvgIpc) is 3.04. The molecule has 2 aromatic rings. The molecule has 5 nitrogen and oxygen atoms in total. The van der Waals surface area contributed by atoms with Gasteiger partial charge in [0.2, 0.25) is 0 Å². The number of rotatable bonds is 5. The molecule has 0 saturated carbocycles. The standard InChI is InChI=1S/C19H20ClNO4/c1-13-11-12-21(25-13)19(22)14(2)23-16-7-9-18(10-8-16)24-17-5-3-15(20)4-6-17/h3-10,13-14H,11-12H2,1-2H3. The lowest BCUT2D eigenvalue weighted by molar-refractivity contribution is -0.184. The summed E-state index contributed by atoms with van der Waals surface area (Å²) in [4.78, 5) is 17.7. The molecular weight excluding hydrogens is 342 g/mol. The third-order valence-corrected chi connectivity index (χ3v) is 4.08. The molecule has 3 rings (SSSR count). The fraction of sp³-hybridized carbons (Fsp3) is 0.316. The fourth-order valence-electron chi connectivity index (χ4n) is 2.47. The Labute approximate surface area is 152 Å². The monoisotopic (exact) mass is 361 g/mol. The molecule has 1 amide bonds. The first-order chi connectivity index (χ1) is 12.0. The number of benzene rings is 2. The van der Waals surface area contributed by atoms with Crippen LogP contribution in [-0.2, 0) is 9.63 Å². The van der Waals surface area contributed by atoms with Gasteiger partial charge in [-0.05, 0) is 68.8 Å². The zero-order chi connectivity index (χ0) is 17.8. The van der Waals surface area contributed by atoms with Crippen LogP contribution in [0.15, 0.2) is 48.5 Å². The van der Waals surface area contributed by atoms with Gasteiger partial charge in [-0.2, -0.15) is 0 Å². The van der Waals surface area contributed by atoms with Gasteiger partial charge in [0, 0.05) is 5.02 Å². The number of carbonyl (C=O) groups excluding carboxylic acids is 1. The van der Waals surface area contributed by atoms with Crippen LogP contribution in [0.5, 0.6) is 17.2 Å². The lowest BCUT2D eigenvalue weighted by Crippen LogP contribution is -2.38. The molecule has 0 N–H and O–H groups in total. The Bertz CT molecular complexity index is 717. The van der Waals surface area contributed by atoms with Crippen LogP contribution in [0, 0.1) is 0 Å². The van der Waals surface area contributed by atoms with E-state index in [1.54, 1.807) is 55.5 Å². The van der Waals surface area contributed by atoms with E-state index in [0.29, 0.717) is 28.8 Å². The van der Waals surface area contributed by atoms with E-state index >= 15 is 0 Å². The SMILES string of the molecule is CC1CCN(C(=O)C(C)Oc2ccc(Oc3ccc(Cl)cc3)cc2)O1. The highest BCUT2D eigenvalue weighted by atomic mass is 35.5. The maximum atomic E-state index is 12.3. The van der Waals surface area contributed by atoms with Crippen LogP contribution in [0.1, 0.15) is 20.3 Å². The van der Waals surface area contributed by atoms with E-state index in [4.69, 9.17) is 25.9 Å². The van der Waals surface area contributed by atoms with E-state index in [2.05, 4.69) is 0 Å². The first kappa shape index (κ1) is 17.6. The molecule has 0 radical (unpaired) electrons. The summed E-state index contributed by atoms with van der Waals surface area (Å²) < 4.78 is 11.4. The van der Waals surface area contributed by atoms with Crippen molar-refractivity contribution in [2.24, 2.45) is 0 Å². The van der Waals surface area contributed by atoms with Crippen LogP contribution >= 0.6 is 11.6 Å². The maximum absolute atomic E-state index is 12.3. The lowest BCUT2D eigenvalue weighted by atomic mass is 10.3. The summed E-state index contributed by atoms with van der Waals surface area (Å²) in [6.07, 6.45) is 0.295. The van der Waals surface area contributed by atoms with E-state index in [1.807, 2.05) is 6.92 Å². The number of halogens is 1. The topological polar surface area (TPSA) is 48.0 Å². The second-order valence-corrected chi connectivity index (χ2v) is 6.37. The minimum absolute atomic E-state index is 0.0699. The molecule has 6 heteroatoms. The molecule has 0 aromatic heterocycles. The number of carbonyl (C=O) groups is 1. The second-order valence-electron chi connectivity index (χ2n) is 5.93. The Morgan fingerprint density at radius 3 is 2.24 bits per heavy atom. The van der Waals surface area contributed by atoms with E-state index in [0.717, 1.165) is 6.42 Å². The van der Waals surface area contributed by atoms with Crippen molar-refractivity contribution in [2.45, 2.75) is 32.5 Å². The summed E-state index contributed by atoms with van der Waals surface area (Å²) in [5, 5.41) is 2.04. The Kier molecular flexibility index (Phi) is 5.46. The minimum Gasteiger partial charge on any atom is -0.481 e. The molecule has 2 unspecified atom stereocenters. The number of amides is 1. The van der Waals surface area contributed by atoms with E-state index in [-0.39, 0.29) is 12.0 Å². The third kappa shape index (κ3) is 4.65. The maximum Gasteiger partial charge on any atom is 0.286 e. The summed E-state index contributed by atoms with van der Waals surface area (Å²) in [5.41, 5.74) is 0. The number of hydrogen-bond acceptors (Lipinski definition) is 4. The van der Waals surface area contributed by atoms with Gasteiger partial charge in [0.25, 0.3) is 5.91 Å². The molecule has 1 aliphatic heterocycles. The van der Waals surface area contributed by atoms with Crippen molar-refractivity contribution in [3.8, 4) is 17.2 Å². The minimum atomic E-state index is -0.617. The number of ether oxygens (including phenoxy) is 2. The molecule has 1 saturated heterocycles. The van der Waals surface area contributed by atoms with Crippen LogP contribution in [0.25, 0.3) is 0 Å². The molecule has 0 spiro atoms. The van der Waals surface area contributed by atoms with Crippen molar-refractivity contribution in [3.05, 3.63) is 53.6 Å². The third-order valence-electron chi connectivity index (χ3n) is 3.83. The van der Waals surface area contributed by atoms with E-state index in [1.165, 1.54) is 5.06 Å². The van der Waals surface area contributed by atoms with Gasteiger partial charge in [0.05, 0.1) is 12.6 Å². The molecule has 25 heavy (non-hydrogen) atoms. The van der Waals surface area contributed by atoms with Gasteiger partial charge in [-0.25, -0.2) is 5.06 Å². The smallest absolute Gasteiger partial charge is 0.286 e. The summed E-state index contributed by atoms with van der Waals surface area (Å²) in [6, 6.07) is 14.2. The normalized spacial score (nSPS) is 18.0. The average molecular weight is 362 g/mol. The molecule has 2 atom stereocenters. The largest absolute Gasteiger partial charge is 0.481 e. The molecule has 1 aliphatic rings. The predicted molar refractivity (Wildman–Crippen MR) is 94.9 cm³/mol. The lowest BCUT2D eigenvalue weighted by Gasteiger charge is -2.20. The Morgan fingerprint density at radius 2 is 1.68 bits per heavy atom. The molecule has 1 fully saturated rings. The highest BCUT2D eigenvalue weighted by Gasteiger charge is 2.29. The summed E-state index contributed by atoms with van der Waals surface area (Å²) in [7, 11) is 0. The van der Waals surface area contributed by atoms with Crippen molar-refractivity contribution in [2.75, 3.05) is 6.54 Å². The number of hydroxylamine groups is 2.